The molecule has 1 atom stereocenters. The summed E-state index contributed by atoms with van der Waals surface area (Å²) in [5.41, 5.74) is 1.68. The van der Waals surface area contributed by atoms with Gasteiger partial charge >= 0.3 is 0 Å². The molecule has 1 aromatic heterocycles. The second kappa shape index (κ2) is 9.06. The average Bonchev–Trinajstić information content (AvgIpc) is 2.64. The number of unbranched alkanes of at least 4 members (excludes halogenated alkanes) is 2. The molecule has 1 heterocycles. The van der Waals surface area contributed by atoms with Gasteiger partial charge in [-0.05, 0) is 49.2 Å². The van der Waals surface area contributed by atoms with Gasteiger partial charge in [-0.1, -0.05) is 25.8 Å². The summed E-state index contributed by atoms with van der Waals surface area (Å²) in [5, 5.41) is 0. The number of amides is 1. The highest BCUT2D eigenvalue weighted by Gasteiger charge is 2.19. The van der Waals surface area contributed by atoms with E-state index in [9.17, 15) is 4.79 Å². The standard InChI is InChI=1S/C20H26N2O2/c1-4-5-6-14-24-19-11-9-17(10-12-19)20(23)22(3)16(2)18-8-7-13-21-15-18/h7-13,15-16H,4-6,14H2,1-3H3. The maximum Gasteiger partial charge on any atom is 0.254 e. The fourth-order valence-electron chi connectivity index (χ4n) is 2.46. The van der Waals surface area contributed by atoms with Crippen LogP contribution in [-0.4, -0.2) is 29.4 Å². The van der Waals surface area contributed by atoms with E-state index in [1.807, 2.05) is 50.4 Å². The highest BCUT2D eigenvalue weighted by Crippen LogP contribution is 2.21. The van der Waals surface area contributed by atoms with E-state index in [-0.39, 0.29) is 11.9 Å². The van der Waals surface area contributed by atoms with Gasteiger partial charge in [-0.25, -0.2) is 0 Å². The van der Waals surface area contributed by atoms with E-state index in [1.54, 1.807) is 17.3 Å². The molecule has 0 saturated heterocycles. The molecule has 4 nitrogen and oxygen atoms in total. The van der Waals surface area contributed by atoms with Crippen molar-refractivity contribution in [3.05, 3.63) is 59.9 Å². The molecule has 0 aliphatic carbocycles. The van der Waals surface area contributed by atoms with Crippen LogP contribution in [0.3, 0.4) is 0 Å². The van der Waals surface area contributed by atoms with Gasteiger partial charge in [0, 0.05) is 25.0 Å². The zero-order valence-corrected chi connectivity index (χ0v) is 14.7. The summed E-state index contributed by atoms with van der Waals surface area (Å²) in [6, 6.07) is 11.2. The lowest BCUT2D eigenvalue weighted by atomic mass is 10.1. The van der Waals surface area contributed by atoms with Crippen LogP contribution in [0, 0.1) is 0 Å². The van der Waals surface area contributed by atoms with Crippen molar-refractivity contribution in [2.45, 2.75) is 39.2 Å². The molecule has 1 aromatic carbocycles. The Morgan fingerprint density at radius 1 is 1.21 bits per heavy atom. The molecule has 24 heavy (non-hydrogen) atoms. The Labute approximate surface area is 144 Å². The summed E-state index contributed by atoms with van der Waals surface area (Å²) in [7, 11) is 1.81. The fourth-order valence-corrected chi connectivity index (χ4v) is 2.46. The van der Waals surface area contributed by atoms with E-state index in [0.29, 0.717) is 5.56 Å². The van der Waals surface area contributed by atoms with Gasteiger partial charge in [-0.15, -0.1) is 0 Å². The first kappa shape index (κ1) is 18.0. The third-order valence-corrected chi connectivity index (χ3v) is 4.19. The number of carbonyl (C=O) groups is 1. The predicted octanol–water partition coefficient (Wildman–Crippen LogP) is 4.48. The second-order valence-corrected chi connectivity index (χ2v) is 5.96. The average molecular weight is 326 g/mol. The summed E-state index contributed by atoms with van der Waals surface area (Å²) in [6.45, 7) is 4.89. The van der Waals surface area contributed by atoms with Crippen LogP contribution in [-0.2, 0) is 0 Å². The van der Waals surface area contributed by atoms with Crippen molar-refractivity contribution in [1.82, 2.24) is 9.88 Å². The molecule has 128 valence electrons. The van der Waals surface area contributed by atoms with Crippen molar-refractivity contribution < 1.29 is 9.53 Å². The second-order valence-electron chi connectivity index (χ2n) is 5.96. The predicted molar refractivity (Wildman–Crippen MR) is 96.2 cm³/mol. The van der Waals surface area contributed by atoms with Gasteiger partial charge in [0.2, 0.25) is 0 Å². The Bertz CT molecular complexity index is 626. The minimum Gasteiger partial charge on any atom is -0.494 e. The smallest absolute Gasteiger partial charge is 0.254 e. The van der Waals surface area contributed by atoms with Crippen molar-refractivity contribution >= 4 is 5.91 Å². The van der Waals surface area contributed by atoms with E-state index in [1.165, 1.54) is 12.8 Å². The van der Waals surface area contributed by atoms with Gasteiger partial charge in [0.25, 0.3) is 5.91 Å². The molecular weight excluding hydrogens is 300 g/mol. The van der Waals surface area contributed by atoms with Gasteiger partial charge in [0.1, 0.15) is 5.75 Å². The van der Waals surface area contributed by atoms with E-state index < -0.39 is 0 Å². The molecule has 0 N–H and O–H groups in total. The van der Waals surface area contributed by atoms with Crippen molar-refractivity contribution in [2.75, 3.05) is 13.7 Å². The topological polar surface area (TPSA) is 42.4 Å². The maximum atomic E-state index is 12.6. The largest absolute Gasteiger partial charge is 0.494 e. The molecule has 2 aromatic rings. The van der Waals surface area contributed by atoms with Crippen molar-refractivity contribution in [2.24, 2.45) is 0 Å². The molecule has 0 spiro atoms. The molecule has 1 unspecified atom stereocenters. The molecule has 0 bridgehead atoms. The van der Waals surface area contributed by atoms with Crippen LogP contribution in [0.15, 0.2) is 48.8 Å². The van der Waals surface area contributed by atoms with Crippen molar-refractivity contribution in [1.29, 1.82) is 0 Å². The third-order valence-electron chi connectivity index (χ3n) is 4.19. The van der Waals surface area contributed by atoms with Crippen molar-refractivity contribution in [3.8, 4) is 5.75 Å². The maximum absolute atomic E-state index is 12.6. The Balaban J connectivity index is 1.96. The molecular formula is C20H26N2O2. The minimum atomic E-state index is -0.0313. The number of rotatable bonds is 8. The summed E-state index contributed by atoms with van der Waals surface area (Å²) >= 11 is 0. The molecule has 0 aliphatic rings. The lowest BCUT2D eigenvalue weighted by molar-refractivity contribution is 0.0742. The van der Waals surface area contributed by atoms with Crippen LogP contribution < -0.4 is 4.74 Å². The van der Waals surface area contributed by atoms with E-state index >= 15 is 0 Å². The van der Waals surface area contributed by atoms with Crippen LogP contribution >= 0.6 is 0 Å². The number of nitrogens with zero attached hydrogens (tertiary/aromatic N) is 2. The molecule has 4 heteroatoms. The van der Waals surface area contributed by atoms with Crippen LogP contribution in [0.4, 0.5) is 0 Å². The molecule has 0 saturated carbocycles. The first-order chi connectivity index (χ1) is 11.6. The minimum absolute atomic E-state index is 0.0103. The molecule has 0 radical (unpaired) electrons. The number of hydrogen-bond donors (Lipinski definition) is 0. The zero-order chi connectivity index (χ0) is 17.4. The Morgan fingerprint density at radius 3 is 2.58 bits per heavy atom. The van der Waals surface area contributed by atoms with Crippen LogP contribution in [0.5, 0.6) is 5.75 Å². The first-order valence-electron chi connectivity index (χ1n) is 8.53. The zero-order valence-electron chi connectivity index (χ0n) is 14.7. The van der Waals surface area contributed by atoms with Crippen LogP contribution in [0.1, 0.15) is 55.1 Å². The molecule has 0 aliphatic heterocycles. The van der Waals surface area contributed by atoms with E-state index in [4.69, 9.17) is 4.74 Å². The number of pyridine rings is 1. The lowest BCUT2D eigenvalue weighted by Crippen LogP contribution is -2.29. The first-order valence-corrected chi connectivity index (χ1v) is 8.53. The number of benzene rings is 1. The van der Waals surface area contributed by atoms with E-state index in [2.05, 4.69) is 11.9 Å². The van der Waals surface area contributed by atoms with Gasteiger partial charge in [0.15, 0.2) is 0 Å². The molecule has 2 rings (SSSR count). The Morgan fingerprint density at radius 2 is 1.96 bits per heavy atom. The number of hydrogen-bond acceptors (Lipinski definition) is 3. The third kappa shape index (κ3) is 4.82. The lowest BCUT2D eigenvalue weighted by Gasteiger charge is -2.25. The highest BCUT2D eigenvalue weighted by molar-refractivity contribution is 5.94. The summed E-state index contributed by atoms with van der Waals surface area (Å²) in [4.78, 5) is 18.5. The Hall–Kier alpha value is -2.36. The highest BCUT2D eigenvalue weighted by atomic mass is 16.5. The van der Waals surface area contributed by atoms with Crippen molar-refractivity contribution in [3.63, 3.8) is 0 Å². The summed E-state index contributed by atoms with van der Waals surface area (Å²) in [6.07, 6.45) is 6.94. The summed E-state index contributed by atoms with van der Waals surface area (Å²) < 4.78 is 5.69. The summed E-state index contributed by atoms with van der Waals surface area (Å²) in [5.74, 6) is 0.800. The van der Waals surface area contributed by atoms with Gasteiger partial charge in [0.05, 0.1) is 12.6 Å². The molecule has 0 fully saturated rings. The van der Waals surface area contributed by atoms with Gasteiger partial charge in [-0.2, -0.15) is 0 Å². The monoisotopic (exact) mass is 326 g/mol. The normalized spacial score (nSPS) is 11.8. The number of ether oxygens (including phenoxy) is 1. The molecule has 1 amide bonds. The van der Waals surface area contributed by atoms with Gasteiger partial charge in [-0.3, -0.25) is 9.78 Å². The van der Waals surface area contributed by atoms with Crippen LogP contribution in [0.25, 0.3) is 0 Å². The number of carbonyl (C=O) groups excluding carboxylic acids is 1. The fraction of sp³-hybridized carbons (Fsp3) is 0.400. The Kier molecular flexibility index (Phi) is 6.79. The van der Waals surface area contributed by atoms with E-state index in [0.717, 1.165) is 24.3 Å². The quantitative estimate of drug-likeness (QED) is 0.672. The van der Waals surface area contributed by atoms with Gasteiger partial charge < -0.3 is 9.64 Å². The number of aromatic nitrogens is 1. The van der Waals surface area contributed by atoms with Crippen LogP contribution in [0.2, 0.25) is 0 Å². The SMILES string of the molecule is CCCCCOc1ccc(C(=O)N(C)C(C)c2cccnc2)cc1.